The average Bonchev–Trinajstić information content (AvgIpc) is 2.91. The summed E-state index contributed by atoms with van der Waals surface area (Å²) in [6.45, 7) is 2.62. The number of rotatable bonds is 8. The number of benzene rings is 3. The van der Waals surface area contributed by atoms with E-state index < -0.39 is 11.9 Å². The molecule has 3 aromatic carbocycles. The highest BCUT2D eigenvalue weighted by Gasteiger charge is 2.17. The van der Waals surface area contributed by atoms with Gasteiger partial charge in [0.05, 0.1) is 0 Å². The molecule has 0 amide bonds. The molecule has 0 unspecified atom stereocenters. The van der Waals surface area contributed by atoms with Crippen molar-refractivity contribution >= 4 is 11.9 Å². The molecule has 0 aliphatic carbocycles. The Kier molecular flexibility index (Phi) is 10.5. The summed E-state index contributed by atoms with van der Waals surface area (Å²) >= 11 is 0. The van der Waals surface area contributed by atoms with Gasteiger partial charge in [-0.05, 0) is 85.1 Å². The van der Waals surface area contributed by atoms with Crippen molar-refractivity contribution in [3.8, 4) is 5.75 Å². The summed E-state index contributed by atoms with van der Waals surface area (Å²) in [7, 11) is 0. The minimum absolute atomic E-state index is 0.0916. The molecule has 200 valence electrons. The van der Waals surface area contributed by atoms with E-state index in [0.717, 1.165) is 55.8 Å². The van der Waals surface area contributed by atoms with Crippen LogP contribution in [-0.2, 0) is 9.59 Å². The number of ether oxygens (including phenoxy) is 1. The van der Waals surface area contributed by atoms with Crippen molar-refractivity contribution in [2.75, 3.05) is 19.6 Å². The Morgan fingerprint density at radius 1 is 0.789 bits per heavy atom. The molecule has 0 bridgehead atoms. The Bertz CT molecular complexity index is 1170. The van der Waals surface area contributed by atoms with E-state index in [-0.39, 0.29) is 23.4 Å². The van der Waals surface area contributed by atoms with Gasteiger partial charge < -0.3 is 14.9 Å². The number of aliphatic carboxylic acids is 2. The molecular formula is C29H28F3NO5. The highest BCUT2D eigenvalue weighted by molar-refractivity contribution is 6.27. The zero-order valence-electron chi connectivity index (χ0n) is 20.5. The summed E-state index contributed by atoms with van der Waals surface area (Å²) in [6, 6.07) is 19.2. The summed E-state index contributed by atoms with van der Waals surface area (Å²) in [5.74, 6) is -2.80. The van der Waals surface area contributed by atoms with Crippen LogP contribution in [0.15, 0.2) is 84.6 Å². The lowest BCUT2D eigenvalue weighted by molar-refractivity contribution is -0.159. The van der Waals surface area contributed by atoms with E-state index in [1.165, 1.54) is 36.4 Å². The van der Waals surface area contributed by atoms with Gasteiger partial charge >= 0.3 is 11.9 Å². The van der Waals surface area contributed by atoms with Crippen molar-refractivity contribution < 1.29 is 37.7 Å². The molecule has 0 saturated heterocycles. The highest BCUT2D eigenvalue weighted by Crippen LogP contribution is 2.30. The van der Waals surface area contributed by atoms with E-state index in [1.807, 2.05) is 24.3 Å². The predicted molar refractivity (Wildman–Crippen MR) is 135 cm³/mol. The number of carbonyl (C=O) groups is 2. The zero-order valence-corrected chi connectivity index (χ0v) is 20.5. The SMILES string of the molecule is Fc1ccc(OC2=CCN(CCCC(c3ccc(F)cc3)c3ccc(F)cc3)CC2)cc1.O=C(O)C(=O)O. The fourth-order valence-electron chi connectivity index (χ4n) is 4.08. The number of hydrogen-bond acceptors (Lipinski definition) is 4. The normalized spacial score (nSPS) is 13.3. The third-order valence-corrected chi connectivity index (χ3v) is 6.01. The van der Waals surface area contributed by atoms with Crippen molar-refractivity contribution in [3.63, 3.8) is 0 Å². The van der Waals surface area contributed by atoms with Gasteiger partial charge in [-0.25, -0.2) is 22.8 Å². The van der Waals surface area contributed by atoms with Gasteiger partial charge in [-0.15, -0.1) is 0 Å². The molecule has 1 aliphatic rings. The Labute approximate surface area is 218 Å². The lowest BCUT2D eigenvalue weighted by atomic mass is 9.87. The van der Waals surface area contributed by atoms with E-state index in [2.05, 4.69) is 11.0 Å². The molecular weight excluding hydrogens is 499 g/mol. The molecule has 1 aliphatic heterocycles. The molecule has 38 heavy (non-hydrogen) atoms. The van der Waals surface area contributed by atoms with Gasteiger partial charge in [0.15, 0.2) is 0 Å². The fourth-order valence-corrected chi connectivity index (χ4v) is 4.08. The van der Waals surface area contributed by atoms with Crippen LogP contribution in [-0.4, -0.2) is 46.7 Å². The number of halogens is 3. The maximum atomic E-state index is 13.4. The van der Waals surface area contributed by atoms with Crippen LogP contribution >= 0.6 is 0 Å². The Hall–Kier alpha value is -4.11. The predicted octanol–water partition coefficient (Wildman–Crippen LogP) is 5.84. The van der Waals surface area contributed by atoms with Gasteiger partial charge in [-0.3, -0.25) is 4.90 Å². The minimum atomic E-state index is -1.82. The first-order valence-electron chi connectivity index (χ1n) is 12.0. The lowest BCUT2D eigenvalue weighted by Crippen LogP contribution is -2.30. The van der Waals surface area contributed by atoms with E-state index in [4.69, 9.17) is 24.5 Å². The second-order valence-corrected chi connectivity index (χ2v) is 8.69. The van der Waals surface area contributed by atoms with Crippen molar-refractivity contribution in [1.29, 1.82) is 0 Å². The fraction of sp³-hybridized carbons (Fsp3) is 0.241. The van der Waals surface area contributed by atoms with Gasteiger partial charge in [-0.2, -0.15) is 0 Å². The van der Waals surface area contributed by atoms with Crippen LogP contribution in [0.3, 0.4) is 0 Å². The van der Waals surface area contributed by atoms with Gasteiger partial charge in [0, 0.05) is 25.4 Å². The Balaban J connectivity index is 0.000000599. The number of carboxylic acids is 2. The van der Waals surface area contributed by atoms with E-state index >= 15 is 0 Å². The number of nitrogens with zero attached hydrogens (tertiary/aromatic N) is 1. The standard InChI is InChI=1S/C27H26F3NO.C2H2O4/c28-22-7-3-20(4-8-22)27(21-5-9-23(29)10-6-21)2-1-17-31-18-15-26(16-19-31)32-25-13-11-24(30)12-14-25;3-1(4)2(5)6/h3-15,27H,1-2,16-19H2;(H,3,4)(H,5,6). The van der Waals surface area contributed by atoms with Crippen LogP contribution in [0.25, 0.3) is 0 Å². The second kappa shape index (κ2) is 14.0. The van der Waals surface area contributed by atoms with E-state index in [0.29, 0.717) is 5.75 Å². The molecule has 0 atom stereocenters. The molecule has 4 rings (SSSR count). The average molecular weight is 528 g/mol. The summed E-state index contributed by atoms with van der Waals surface area (Å²) in [5.41, 5.74) is 2.07. The third kappa shape index (κ3) is 9.08. The molecule has 3 aromatic rings. The lowest BCUT2D eigenvalue weighted by Gasteiger charge is -2.27. The topological polar surface area (TPSA) is 87.1 Å². The largest absolute Gasteiger partial charge is 0.473 e. The molecule has 0 radical (unpaired) electrons. The molecule has 0 aromatic heterocycles. The van der Waals surface area contributed by atoms with Gasteiger partial charge in [0.1, 0.15) is 29.0 Å². The summed E-state index contributed by atoms with van der Waals surface area (Å²) in [4.78, 5) is 20.6. The van der Waals surface area contributed by atoms with E-state index in [9.17, 15) is 13.2 Å². The molecule has 6 nitrogen and oxygen atoms in total. The van der Waals surface area contributed by atoms with Crippen LogP contribution < -0.4 is 4.74 Å². The molecule has 1 heterocycles. The molecule has 0 spiro atoms. The van der Waals surface area contributed by atoms with Crippen LogP contribution in [0.5, 0.6) is 5.75 Å². The zero-order chi connectivity index (χ0) is 27.5. The smallest absolute Gasteiger partial charge is 0.414 e. The van der Waals surface area contributed by atoms with Crippen LogP contribution in [0.4, 0.5) is 13.2 Å². The maximum absolute atomic E-state index is 13.4. The van der Waals surface area contributed by atoms with Crippen LogP contribution in [0.1, 0.15) is 36.3 Å². The van der Waals surface area contributed by atoms with Crippen molar-refractivity contribution in [2.45, 2.75) is 25.2 Å². The first-order chi connectivity index (χ1) is 18.2. The number of hydrogen-bond donors (Lipinski definition) is 2. The van der Waals surface area contributed by atoms with Crippen LogP contribution in [0.2, 0.25) is 0 Å². The first kappa shape index (κ1) is 28.5. The number of carboxylic acid groups (broad SMARTS) is 2. The minimum Gasteiger partial charge on any atom is -0.473 e. The van der Waals surface area contributed by atoms with Gasteiger partial charge in [-0.1, -0.05) is 24.3 Å². The molecule has 2 N–H and O–H groups in total. The maximum Gasteiger partial charge on any atom is 0.414 e. The molecule has 0 saturated carbocycles. The Morgan fingerprint density at radius 2 is 1.26 bits per heavy atom. The summed E-state index contributed by atoms with van der Waals surface area (Å²) in [6.07, 6.45) is 4.72. The van der Waals surface area contributed by atoms with E-state index in [1.54, 1.807) is 12.1 Å². The van der Waals surface area contributed by atoms with Gasteiger partial charge in [0.25, 0.3) is 0 Å². The van der Waals surface area contributed by atoms with Crippen LogP contribution in [0, 0.1) is 17.5 Å². The van der Waals surface area contributed by atoms with Gasteiger partial charge in [0.2, 0.25) is 0 Å². The molecule has 9 heteroatoms. The monoisotopic (exact) mass is 527 g/mol. The quantitative estimate of drug-likeness (QED) is 0.358. The first-order valence-corrected chi connectivity index (χ1v) is 12.0. The van der Waals surface area contributed by atoms with Crippen molar-refractivity contribution in [1.82, 2.24) is 4.90 Å². The molecule has 0 fully saturated rings. The highest BCUT2D eigenvalue weighted by atomic mass is 19.1. The van der Waals surface area contributed by atoms with Crippen molar-refractivity contribution in [2.24, 2.45) is 0 Å². The Morgan fingerprint density at radius 3 is 1.68 bits per heavy atom. The summed E-state index contributed by atoms with van der Waals surface area (Å²) in [5, 5.41) is 14.8. The summed E-state index contributed by atoms with van der Waals surface area (Å²) < 4.78 is 45.7. The third-order valence-electron chi connectivity index (χ3n) is 6.01. The second-order valence-electron chi connectivity index (χ2n) is 8.69. The van der Waals surface area contributed by atoms with Crippen molar-refractivity contribution in [3.05, 3.63) is 113 Å².